The molecule has 15 heavy (non-hydrogen) atoms. The molecule has 1 atom stereocenters. The average Bonchev–Trinajstić information content (AvgIpc) is 2.74. The van der Waals surface area contributed by atoms with Crippen molar-refractivity contribution in [2.45, 2.75) is 18.9 Å². The predicted molar refractivity (Wildman–Crippen MR) is 64.3 cm³/mol. The summed E-state index contributed by atoms with van der Waals surface area (Å²) >= 11 is 5.54. The third-order valence-corrected chi connectivity index (χ3v) is 2.88. The van der Waals surface area contributed by atoms with Crippen LogP contribution in [0.2, 0.25) is 0 Å². The Labute approximate surface area is 97.4 Å². The lowest BCUT2D eigenvalue weighted by Crippen LogP contribution is -2.39. The normalized spacial score (nSPS) is 21.9. The first-order chi connectivity index (χ1) is 7.36. The van der Waals surface area contributed by atoms with Crippen molar-refractivity contribution in [2.75, 3.05) is 39.9 Å². The molecular formula is C11H21ClN2O. The van der Waals surface area contributed by atoms with Gasteiger partial charge in [-0.1, -0.05) is 17.7 Å². The fraction of sp³-hybridized carbons (Fsp3) is 0.818. The zero-order chi connectivity index (χ0) is 10.9. The van der Waals surface area contributed by atoms with E-state index in [1.54, 1.807) is 12.6 Å². The molecule has 1 unspecified atom stereocenters. The molecule has 0 bridgehead atoms. The average molecular weight is 233 g/mol. The van der Waals surface area contributed by atoms with Gasteiger partial charge in [0.1, 0.15) is 0 Å². The number of halogens is 1. The Morgan fingerprint density at radius 2 is 2.47 bits per heavy atom. The maximum absolute atomic E-state index is 5.54. The van der Waals surface area contributed by atoms with E-state index < -0.39 is 0 Å². The Balaban J connectivity index is 2.25. The third-order valence-electron chi connectivity index (χ3n) is 2.71. The van der Waals surface area contributed by atoms with Crippen LogP contribution in [-0.2, 0) is 4.74 Å². The molecule has 1 fully saturated rings. The van der Waals surface area contributed by atoms with Gasteiger partial charge in [-0.15, -0.1) is 0 Å². The second-order valence-corrected chi connectivity index (χ2v) is 4.16. The van der Waals surface area contributed by atoms with Gasteiger partial charge in [-0.25, -0.2) is 0 Å². The van der Waals surface area contributed by atoms with Crippen LogP contribution >= 0.6 is 11.6 Å². The quantitative estimate of drug-likeness (QED) is 0.719. The van der Waals surface area contributed by atoms with Crippen LogP contribution in [0.25, 0.3) is 0 Å². The van der Waals surface area contributed by atoms with Gasteiger partial charge >= 0.3 is 0 Å². The summed E-state index contributed by atoms with van der Waals surface area (Å²) < 4.78 is 5.10. The first kappa shape index (κ1) is 13.0. The zero-order valence-electron chi connectivity index (χ0n) is 9.42. The van der Waals surface area contributed by atoms with Crippen molar-refractivity contribution < 1.29 is 4.74 Å². The Kier molecular flexibility index (Phi) is 7.01. The summed E-state index contributed by atoms with van der Waals surface area (Å²) in [5.41, 5.74) is 1.59. The van der Waals surface area contributed by atoms with E-state index in [0.717, 1.165) is 32.8 Å². The zero-order valence-corrected chi connectivity index (χ0v) is 10.2. The molecule has 0 amide bonds. The molecule has 3 nitrogen and oxygen atoms in total. The molecule has 0 saturated carbocycles. The van der Waals surface area contributed by atoms with Crippen LogP contribution in [0, 0.1) is 0 Å². The molecule has 88 valence electrons. The summed E-state index contributed by atoms with van der Waals surface area (Å²) in [5, 5.41) is 3.50. The molecule has 1 heterocycles. The topological polar surface area (TPSA) is 24.5 Å². The number of rotatable bonds is 7. The first-order valence-electron chi connectivity index (χ1n) is 5.56. The van der Waals surface area contributed by atoms with Gasteiger partial charge in [0.05, 0.1) is 6.61 Å². The van der Waals surface area contributed by atoms with Gasteiger partial charge < -0.3 is 10.1 Å². The Morgan fingerprint density at radius 3 is 3.07 bits per heavy atom. The third kappa shape index (κ3) is 5.52. The molecule has 4 heteroatoms. The standard InChI is InChI=1S/C11H21ClN2O/c1-15-9-8-14(7-3-5-12)10-11-4-2-6-13-11/h3,5,11,13H,2,4,6-10H2,1H3/b5-3+. The summed E-state index contributed by atoms with van der Waals surface area (Å²) in [6, 6.07) is 0.644. The van der Waals surface area contributed by atoms with Crippen molar-refractivity contribution in [1.82, 2.24) is 10.2 Å². The molecule has 1 rings (SSSR count). The number of nitrogens with one attached hydrogen (secondary N) is 1. The van der Waals surface area contributed by atoms with Gasteiger partial charge in [-0.3, -0.25) is 4.90 Å². The largest absolute Gasteiger partial charge is 0.383 e. The smallest absolute Gasteiger partial charge is 0.0589 e. The summed E-state index contributed by atoms with van der Waals surface area (Å²) in [4.78, 5) is 2.37. The van der Waals surface area contributed by atoms with Crippen LogP contribution in [0.1, 0.15) is 12.8 Å². The number of hydrogen-bond donors (Lipinski definition) is 1. The number of nitrogens with zero attached hydrogens (tertiary/aromatic N) is 1. The maximum atomic E-state index is 5.54. The molecule has 0 spiro atoms. The summed E-state index contributed by atoms with van der Waals surface area (Å²) in [5.74, 6) is 0. The van der Waals surface area contributed by atoms with Crippen molar-refractivity contribution in [3.05, 3.63) is 11.6 Å². The lowest BCUT2D eigenvalue weighted by molar-refractivity contribution is 0.149. The fourth-order valence-corrected chi connectivity index (χ4v) is 1.97. The molecule has 0 radical (unpaired) electrons. The van der Waals surface area contributed by atoms with E-state index in [-0.39, 0.29) is 0 Å². The predicted octanol–water partition coefficient (Wildman–Crippen LogP) is 1.44. The van der Waals surface area contributed by atoms with Crippen molar-refractivity contribution in [1.29, 1.82) is 0 Å². The summed E-state index contributed by atoms with van der Waals surface area (Å²) in [6.07, 6.45) is 4.56. The van der Waals surface area contributed by atoms with E-state index in [2.05, 4.69) is 10.2 Å². The highest BCUT2D eigenvalue weighted by Gasteiger charge is 2.16. The summed E-state index contributed by atoms with van der Waals surface area (Å²) in [6.45, 7) is 4.91. The van der Waals surface area contributed by atoms with Crippen LogP contribution in [0.5, 0.6) is 0 Å². The van der Waals surface area contributed by atoms with Crippen LogP contribution < -0.4 is 5.32 Å². The highest BCUT2D eigenvalue weighted by Crippen LogP contribution is 2.07. The van der Waals surface area contributed by atoms with Gasteiger partial charge in [0.15, 0.2) is 0 Å². The van der Waals surface area contributed by atoms with Crippen LogP contribution in [0.3, 0.4) is 0 Å². The molecule has 0 aromatic carbocycles. The van der Waals surface area contributed by atoms with E-state index in [9.17, 15) is 0 Å². The van der Waals surface area contributed by atoms with Gasteiger partial charge in [0, 0.05) is 38.3 Å². The molecule has 1 N–H and O–H groups in total. The van der Waals surface area contributed by atoms with E-state index >= 15 is 0 Å². The maximum Gasteiger partial charge on any atom is 0.0589 e. The van der Waals surface area contributed by atoms with E-state index in [1.807, 2.05) is 6.08 Å². The Hall–Kier alpha value is -0.0900. The molecule has 0 aliphatic carbocycles. The van der Waals surface area contributed by atoms with Crippen LogP contribution in [-0.4, -0.2) is 50.8 Å². The Morgan fingerprint density at radius 1 is 1.60 bits per heavy atom. The molecular weight excluding hydrogens is 212 g/mol. The number of methoxy groups -OCH3 is 1. The first-order valence-corrected chi connectivity index (χ1v) is 6.00. The van der Waals surface area contributed by atoms with Gasteiger partial charge in [0.2, 0.25) is 0 Å². The van der Waals surface area contributed by atoms with Crippen LogP contribution in [0.15, 0.2) is 11.6 Å². The van der Waals surface area contributed by atoms with E-state index in [1.165, 1.54) is 12.8 Å². The Bertz CT molecular complexity index is 181. The van der Waals surface area contributed by atoms with E-state index in [4.69, 9.17) is 16.3 Å². The lowest BCUT2D eigenvalue weighted by Gasteiger charge is -2.23. The molecule has 1 aliphatic heterocycles. The molecule has 0 aromatic heterocycles. The van der Waals surface area contributed by atoms with Crippen molar-refractivity contribution in [3.63, 3.8) is 0 Å². The van der Waals surface area contributed by atoms with Gasteiger partial charge in [0.25, 0.3) is 0 Å². The van der Waals surface area contributed by atoms with Crippen molar-refractivity contribution in [2.24, 2.45) is 0 Å². The highest BCUT2D eigenvalue weighted by atomic mass is 35.5. The highest BCUT2D eigenvalue weighted by molar-refractivity contribution is 6.25. The lowest BCUT2D eigenvalue weighted by atomic mass is 10.2. The van der Waals surface area contributed by atoms with Gasteiger partial charge in [-0.05, 0) is 19.4 Å². The van der Waals surface area contributed by atoms with E-state index in [0.29, 0.717) is 6.04 Å². The van der Waals surface area contributed by atoms with Crippen molar-refractivity contribution >= 4 is 11.6 Å². The minimum atomic E-state index is 0.644. The number of ether oxygens (including phenoxy) is 1. The van der Waals surface area contributed by atoms with Gasteiger partial charge in [-0.2, -0.15) is 0 Å². The SMILES string of the molecule is COCCN(C/C=C/Cl)CC1CCCN1. The molecule has 0 aromatic rings. The van der Waals surface area contributed by atoms with Crippen LogP contribution in [0.4, 0.5) is 0 Å². The fourth-order valence-electron chi connectivity index (χ4n) is 1.89. The minimum Gasteiger partial charge on any atom is -0.383 e. The number of hydrogen-bond acceptors (Lipinski definition) is 3. The molecule has 1 aliphatic rings. The van der Waals surface area contributed by atoms with Crippen molar-refractivity contribution in [3.8, 4) is 0 Å². The second-order valence-electron chi connectivity index (χ2n) is 3.91. The molecule has 1 saturated heterocycles. The minimum absolute atomic E-state index is 0.644. The summed E-state index contributed by atoms with van der Waals surface area (Å²) in [7, 11) is 1.74. The monoisotopic (exact) mass is 232 g/mol. The second kappa shape index (κ2) is 8.11.